The molecule has 6 heteroatoms. The molecule has 0 unspecified atom stereocenters. The Labute approximate surface area is 115 Å². The highest BCUT2D eigenvalue weighted by Crippen LogP contribution is 2.30. The summed E-state index contributed by atoms with van der Waals surface area (Å²) in [5, 5.41) is 8.98. The van der Waals surface area contributed by atoms with Crippen LogP contribution in [0.2, 0.25) is 0 Å². The third-order valence-electron chi connectivity index (χ3n) is 2.85. The summed E-state index contributed by atoms with van der Waals surface area (Å²) in [6.45, 7) is 4.83. The number of nitrogens with zero attached hydrogens (tertiary/aromatic N) is 1. The topological polar surface area (TPSA) is 40.7 Å². The number of hydrogen-bond acceptors (Lipinski definition) is 2. The van der Waals surface area contributed by atoms with Crippen LogP contribution in [0, 0.1) is 0 Å². The van der Waals surface area contributed by atoms with E-state index in [1.807, 2.05) is 17.2 Å². The molecule has 20 heavy (non-hydrogen) atoms. The van der Waals surface area contributed by atoms with E-state index in [0.717, 1.165) is 18.2 Å². The number of benzene rings is 1. The van der Waals surface area contributed by atoms with Gasteiger partial charge in [0.25, 0.3) is 0 Å². The van der Waals surface area contributed by atoms with Crippen molar-refractivity contribution in [2.45, 2.75) is 32.6 Å². The van der Waals surface area contributed by atoms with Crippen molar-refractivity contribution in [2.75, 3.05) is 0 Å². The Morgan fingerprint density at radius 2 is 1.85 bits per heavy atom. The lowest BCUT2D eigenvalue weighted by atomic mass is 10.1. The van der Waals surface area contributed by atoms with Gasteiger partial charge in [-0.3, -0.25) is 5.10 Å². The fraction of sp³-hybridized carbons (Fsp3) is 0.357. The van der Waals surface area contributed by atoms with E-state index in [9.17, 15) is 13.2 Å². The van der Waals surface area contributed by atoms with Crippen molar-refractivity contribution < 1.29 is 13.2 Å². The molecule has 1 aromatic carbocycles. The van der Waals surface area contributed by atoms with Gasteiger partial charge in [0.2, 0.25) is 0 Å². The highest BCUT2D eigenvalue weighted by Gasteiger charge is 2.33. The zero-order valence-electron chi connectivity index (χ0n) is 11.3. The fourth-order valence-corrected chi connectivity index (χ4v) is 1.73. The molecule has 1 aromatic heterocycles. The summed E-state index contributed by atoms with van der Waals surface area (Å²) in [6, 6.07) is 8.71. The van der Waals surface area contributed by atoms with E-state index in [4.69, 9.17) is 0 Å². The predicted molar refractivity (Wildman–Crippen MR) is 71.0 cm³/mol. The largest absolute Gasteiger partial charge is 0.432 e. The lowest BCUT2D eigenvalue weighted by Gasteiger charge is -2.08. The first kappa shape index (κ1) is 14.6. The number of aromatic nitrogens is 2. The Hall–Kier alpha value is -1.82. The van der Waals surface area contributed by atoms with Gasteiger partial charge in [-0.15, -0.1) is 0 Å². The smallest absolute Gasteiger partial charge is 0.310 e. The van der Waals surface area contributed by atoms with Crippen LogP contribution in [-0.4, -0.2) is 16.2 Å². The Morgan fingerprint density at radius 1 is 1.20 bits per heavy atom. The molecule has 2 N–H and O–H groups in total. The van der Waals surface area contributed by atoms with Gasteiger partial charge in [0, 0.05) is 18.2 Å². The lowest BCUT2D eigenvalue weighted by molar-refractivity contribution is -0.141. The zero-order valence-corrected chi connectivity index (χ0v) is 11.3. The summed E-state index contributed by atoms with van der Waals surface area (Å²) in [5.41, 5.74) is 1.19. The molecule has 3 nitrogen and oxygen atoms in total. The van der Waals surface area contributed by atoms with Gasteiger partial charge in [-0.05, 0) is 11.6 Å². The van der Waals surface area contributed by atoms with Crippen molar-refractivity contribution in [1.29, 1.82) is 0 Å². The SMILES string of the molecule is CC(C)NCc1ccc(-c2cc(C(F)(F)F)[nH]n2)cc1. The quantitative estimate of drug-likeness (QED) is 0.900. The van der Waals surface area contributed by atoms with Gasteiger partial charge in [0.1, 0.15) is 5.69 Å². The van der Waals surface area contributed by atoms with Crippen LogP contribution in [0.5, 0.6) is 0 Å². The molecule has 0 saturated heterocycles. The van der Waals surface area contributed by atoms with Crippen molar-refractivity contribution in [3.8, 4) is 11.3 Å². The summed E-state index contributed by atoms with van der Waals surface area (Å²) < 4.78 is 37.4. The molecule has 0 aliphatic heterocycles. The normalized spacial score (nSPS) is 12.1. The maximum Gasteiger partial charge on any atom is 0.432 e. The van der Waals surface area contributed by atoms with Crippen LogP contribution in [0.25, 0.3) is 11.3 Å². The van der Waals surface area contributed by atoms with Gasteiger partial charge in [0.05, 0.1) is 5.69 Å². The molecule has 1 heterocycles. The van der Waals surface area contributed by atoms with Gasteiger partial charge in [-0.1, -0.05) is 38.1 Å². The molecule has 0 spiro atoms. The number of hydrogen-bond donors (Lipinski definition) is 2. The van der Waals surface area contributed by atoms with Crippen LogP contribution in [0.1, 0.15) is 25.1 Å². The number of aromatic amines is 1. The first-order valence-corrected chi connectivity index (χ1v) is 6.31. The molecule has 0 amide bonds. The number of rotatable bonds is 4. The molecule has 2 aromatic rings. The molecule has 0 radical (unpaired) electrons. The van der Waals surface area contributed by atoms with Crippen molar-refractivity contribution in [1.82, 2.24) is 15.5 Å². The summed E-state index contributed by atoms with van der Waals surface area (Å²) in [6.07, 6.45) is -4.40. The first-order chi connectivity index (χ1) is 9.36. The minimum atomic E-state index is -4.40. The van der Waals surface area contributed by atoms with E-state index in [0.29, 0.717) is 17.3 Å². The van der Waals surface area contributed by atoms with Crippen LogP contribution in [0.15, 0.2) is 30.3 Å². The van der Waals surface area contributed by atoms with Crippen molar-refractivity contribution in [3.63, 3.8) is 0 Å². The standard InChI is InChI=1S/C14H16F3N3/c1-9(2)18-8-10-3-5-11(6-4-10)12-7-13(20-19-12)14(15,16)17/h3-7,9,18H,8H2,1-2H3,(H,19,20). The summed E-state index contributed by atoms with van der Waals surface area (Å²) in [5.74, 6) is 0. The zero-order chi connectivity index (χ0) is 14.8. The fourth-order valence-electron chi connectivity index (χ4n) is 1.73. The minimum absolute atomic E-state index is 0.292. The molecular formula is C14H16F3N3. The average molecular weight is 283 g/mol. The molecular weight excluding hydrogens is 267 g/mol. The molecule has 0 fully saturated rings. The van der Waals surface area contributed by atoms with Gasteiger partial charge in [0.15, 0.2) is 0 Å². The second kappa shape index (κ2) is 5.66. The molecule has 0 atom stereocenters. The monoisotopic (exact) mass is 283 g/mol. The second-order valence-corrected chi connectivity index (χ2v) is 4.90. The maximum atomic E-state index is 12.5. The van der Waals surface area contributed by atoms with Crippen LogP contribution in [0.3, 0.4) is 0 Å². The molecule has 108 valence electrons. The van der Waals surface area contributed by atoms with E-state index in [2.05, 4.69) is 24.3 Å². The van der Waals surface area contributed by atoms with E-state index in [1.54, 1.807) is 12.1 Å². The molecule has 0 bridgehead atoms. The third kappa shape index (κ3) is 3.60. The average Bonchev–Trinajstić information content (AvgIpc) is 2.86. The second-order valence-electron chi connectivity index (χ2n) is 4.90. The van der Waals surface area contributed by atoms with Crippen LogP contribution in [0.4, 0.5) is 13.2 Å². The molecule has 0 aliphatic rings. The third-order valence-corrected chi connectivity index (χ3v) is 2.85. The molecule has 0 aliphatic carbocycles. The lowest BCUT2D eigenvalue weighted by Crippen LogP contribution is -2.21. The van der Waals surface area contributed by atoms with Crippen molar-refractivity contribution >= 4 is 0 Å². The van der Waals surface area contributed by atoms with Crippen molar-refractivity contribution in [2.24, 2.45) is 0 Å². The predicted octanol–water partition coefficient (Wildman–Crippen LogP) is 3.59. The number of H-pyrrole nitrogens is 1. The van der Waals surface area contributed by atoms with Gasteiger partial charge in [-0.2, -0.15) is 18.3 Å². The highest BCUT2D eigenvalue weighted by atomic mass is 19.4. The van der Waals surface area contributed by atoms with Crippen molar-refractivity contribution in [3.05, 3.63) is 41.6 Å². The first-order valence-electron chi connectivity index (χ1n) is 6.31. The maximum absolute atomic E-state index is 12.5. The van der Waals surface area contributed by atoms with E-state index in [1.165, 1.54) is 0 Å². The Bertz CT molecular complexity index is 556. The number of halogens is 3. The summed E-state index contributed by atoms with van der Waals surface area (Å²) in [7, 11) is 0. The van der Waals surface area contributed by atoms with Crippen LogP contribution in [-0.2, 0) is 12.7 Å². The summed E-state index contributed by atoms with van der Waals surface area (Å²) in [4.78, 5) is 0. The van der Waals surface area contributed by atoms with E-state index >= 15 is 0 Å². The molecule has 2 rings (SSSR count). The number of alkyl halides is 3. The van der Waals surface area contributed by atoms with E-state index in [-0.39, 0.29) is 0 Å². The highest BCUT2D eigenvalue weighted by molar-refractivity contribution is 5.59. The Morgan fingerprint density at radius 3 is 2.35 bits per heavy atom. The van der Waals surface area contributed by atoms with E-state index < -0.39 is 11.9 Å². The van der Waals surface area contributed by atoms with Gasteiger partial charge >= 0.3 is 6.18 Å². The Kier molecular flexibility index (Phi) is 4.13. The summed E-state index contributed by atoms with van der Waals surface area (Å²) >= 11 is 0. The van der Waals surface area contributed by atoms with Crippen LogP contribution < -0.4 is 5.32 Å². The number of nitrogens with one attached hydrogen (secondary N) is 2. The van der Waals surface area contributed by atoms with Gasteiger partial charge < -0.3 is 5.32 Å². The van der Waals surface area contributed by atoms with Crippen LogP contribution >= 0.6 is 0 Å². The van der Waals surface area contributed by atoms with Gasteiger partial charge in [-0.25, -0.2) is 0 Å². The minimum Gasteiger partial charge on any atom is -0.310 e. The Balaban J connectivity index is 2.12. The molecule has 0 saturated carbocycles.